The van der Waals surface area contributed by atoms with Gasteiger partial charge in [-0.05, 0) is 32.9 Å². The molecule has 0 N–H and O–H groups in total. The van der Waals surface area contributed by atoms with Crippen molar-refractivity contribution in [3.8, 4) is 0 Å². The minimum atomic E-state index is -1.47. The fourth-order valence-electron chi connectivity index (χ4n) is 3.98. The number of amides is 6. The maximum absolute atomic E-state index is 13.2. The molecule has 0 unspecified atom stereocenters. The lowest BCUT2D eigenvalue weighted by atomic mass is 9.94. The van der Waals surface area contributed by atoms with Gasteiger partial charge in [-0.2, -0.15) is 0 Å². The van der Waals surface area contributed by atoms with Crippen LogP contribution < -0.4 is 0 Å². The van der Waals surface area contributed by atoms with Crippen LogP contribution in [0, 0.1) is 6.92 Å². The molecule has 0 bridgehead atoms. The van der Waals surface area contributed by atoms with Gasteiger partial charge in [-0.25, -0.2) is 19.4 Å². The maximum Gasteiger partial charge on any atom is 0.330 e. The number of carbonyl (C=O) groups excluding carboxylic acids is 4. The minimum Gasteiger partial charge on any atom is -0.300 e. The van der Waals surface area contributed by atoms with Crippen LogP contribution in [0.1, 0.15) is 36.7 Å². The summed E-state index contributed by atoms with van der Waals surface area (Å²) in [5.74, 6) is -1.08. The second kappa shape index (κ2) is 5.30. The Morgan fingerprint density at radius 1 is 0.846 bits per heavy atom. The number of benzene rings is 1. The molecular weight excluding hydrogens is 336 g/mol. The van der Waals surface area contributed by atoms with E-state index in [1.54, 1.807) is 38.1 Å². The number of imide groups is 2. The molecule has 0 spiro atoms. The summed E-state index contributed by atoms with van der Waals surface area (Å²) in [5, 5.41) is 0. The molecule has 8 heteroatoms. The Morgan fingerprint density at radius 3 is 1.77 bits per heavy atom. The molecule has 2 aliphatic heterocycles. The van der Waals surface area contributed by atoms with E-state index in [2.05, 4.69) is 0 Å². The molecule has 3 rings (SSSR count). The first-order chi connectivity index (χ1) is 12.0. The van der Waals surface area contributed by atoms with Crippen LogP contribution >= 0.6 is 0 Å². The number of hydrogen-bond acceptors (Lipinski definition) is 4. The average molecular weight is 358 g/mol. The monoisotopic (exact) mass is 358 g/mol. The zero-order chi connectivity index (χ0) is 19.6. The van der Waals surface area contributed by atoms with Crippen LogP contribution in [-0.4, -0.2) is 68.9 Å². The minimum absolute atomic E-state index is 0.313. The van der Waals surface area contributed by atoms with Crippen molar-refractivity contribution in [2.75, 3.05) is 14.1 Å². The first-order valence-electron chi connectivity index (χ1n) is 8.27. The lowest BCUT2D eigenvalue weighted by Gasteiger charge is -2.42. The van der Waals surface area contributed by atoms with E-state index in [4.69, 9.17) is 0 Å². The van der Waals surface area contributed by atoms with Crippen LogP contribution in [-0.2, 0) is 4.79 Å². The van der Waals surface area contributed by atoms with Crippen LogP contribution in [0.15, 0.2) is 24.3 Å². The van der Waals surface area contributed by atoms with Gasteiger partial charge in [0.1, 0.15) is 0 Å². The number of fused-ring (bicyclic) bond motifs is 1. The van der Waals surface area contributed by atoms with Crippen molar-refractivity contribution in [3.63, 3.8) is 0 Å². The Hall–Kier alpha value is -2.90. The van der Waals surface area contributed by atoms with E-state index >= 15 is 0 Å². The molecule has 2 saturated heterocycles. The number of rotatable bonds is 1. The van der Waals surface area contributed by atoms with E-state index < -0.39 is 35.2 Å². The number of aryl methyl sites for hydroxylation is 1. The summed E-state index contributed by atoms with van der Waals surface area (Å²) in [6.07, 6.45) is 0. The molecule has 0 aliphatic carbocycles. The van der Waals surface area contributed by atoms with Gasteiger partial charge in [0.2, 0.25) is 5.91 Å². The lowest BCUT2D eigenvalue weighted by Crippen LogP contribution is -2.65. The first kappa shape index (κ1) is 17.9. The van der Waals surface area contributed by atoms with Gasteiger partial charge in [-0.1, -0.05) is 17.7 Å². The molecular formula is C18H22N4O4. The summed E-state index contributed by atoms with van der Waals surface area (Å²) in [6.45, 7) is 6.39. The summed E-state index contributed by atoms with van der Waals surface area (Å²) in [5.41, 5.74) is -1.37. The van der Waals surface area contributed by atoms with E-state index in [0.717, 1.165) is 15.4 Å². The van der Waals surface area contributed by atoms with Crippen LogP contribution in [0.2, 0.25) is 0 Å². The van der Waals surface area contributed by atoms with E-state index in [-0.39, 0.29) is 0 Å². The van der Waals surface area contributed by atoms with Crippen molar-refractivity contribution >= 4 is 23.9 Å². The van der Waals surface area contributed by atoms with Crippen molar-refractivity contribution in [3.05, 3.63) is 35.4 Å². The Bertz CT molecular complexity index is 836. The second-order valence-corrected chi connectivity index (χ2v) is 7.09. The molecule has 1 aromatic rings. The van der Waals surface area contributed by atoms with Gasteiger partial charge in [-0.3, -0.25) is 9.59 Å². The van der Waals surface area contributed by atoms with Crippen LogP contribution in [0.3, 0.4) is 0 Å². The zero-order valence-corrected chi connectivity index (χ0v) is 15.7. The Balaban J connectivity index is 2.20. The van der Waals surface area contributed by atoms with Gasteiger partial charge in [0.25, 0.3) is 5.91 Å². The highest BCUT2D eigenvalue weighted by Gasteiger charge is 2.75. The van der Waals surface area contributed by atoms with Gasteiger partial charge >= 0.3 is 12.1 Å². The number of carbonyl (C=O) groups is 4. The molecule has 138 valence electrons. The molecule has 0 saturated carbocycles. The summed E-state index contributed by atoms with van der Waals surface area (Å²) < 4.78 is 0. The summed E-state index contributed by atoms with van der Waals surface area (Å²) >= 11 is 0. The van der Waals surface area contributed by atoms with E-state index in [0.29, 0.717) is 5.56 Å². The first-order valence-corrected chi connectivity index (χ1v) is 8.27. The number of hydrogen-bond donors (Lipinski definition) is 0. The smallest absolute Gasteiger partial charge is 0.300 e. The largest absolute Gasteiger partial charge is 0.330 e. The highest BCUT2D eigenvalue weighted by molar-refractivity contribution is 6.09. The molecule has 2 aliphatic rings. The average Bonchev–Trinajstić information content (AvgIpc) is 2.83. The molecule has 0 aromatic heterocycles. The van der Waals surface area contributed by atoms with Crippen molar-refractivity contribution in [2.24, 2.45) is 0 Å². The van der Waals surface area contributed by atoms with Crippen molar-refractivity contribution < 1.29 is 19.2 Å². The van der Waals surface area contributed by atoms with Gasteiger partial charge in [0, 0.05) is 26.6 Å². The summed E-state index contributed by atoms with van der Waals surface area (Å²) in [6, 6.07) is 5.68. The number of urea groups is 2. The molecule has 2 heterocycles. The molecule has 0 radical (unpaired) electrons. The zero-order valence-electron chi connectivity index (χ0n) is 15.7. The highest BCUT2D eigenvalue weighted by Crippen LogP contribution is 2.50. The van der Waals surface area contributed by atoms with Crippen LogP contribution in [0.25, 0.3) is 0 Å². The van der Waals surface area contributed by atoms with Crippen molar-refractivity contribution in [1.29, 1.82) is 0 Å². The highest BCUT2D eigenvalue weighted by atomic mass is 16.2. The van der Waals surface area contributed by atoms with Gasteiger partial charge in [0.05, 0.1) is 0 Å². The third-order valence-corrected chi connectivity index (χ3v) is 5.85. The normalized spacial score (nSPS) is 28.1. The maximum atomic E-state index is 13.2. The molecule has 26 heavy (non-hydrogen) atoms. The predicted molar refractivity (Wildman–Crippen MR) is 93.0 cm³/mol. The molecule has 2 fully saturated rings. The predicted octanol–water partition coefficient (Wildman–Crippen LogP) is 1.85. The van der Waals surface area contributed by atoms with Crippen LogP contribution in [0.4, 0.5) is 9.59 Å². The van der Waals surface area contributed by atoms with Crippen molar-refractivity contribution in [1.82, 2.24) is 19.6 Å². The third kappa shape index (κ3) is 1.84. The SMILES string of the molecule is CC(=O)N1C(=O)N(C)[C@]2(C)N(C)C(=O)N(C(=O)c3ccc(C)cc3)[C@]12C. The van der Waals surface area contributed by atoms with Gasteiger partial charge < -0.3 is 9.80 Å². The van der Waals surface area contributed by atoms with Crippen molar-refractivity contribution in [2.45, 2.75) is 39.0 Å². The molecule has 6 amide bonds. The van der Waals surface area contributed by atoms with E-state index in [9.17, 15) is 19.2 Å². The van der Waals surface area contributed by atoms with Crippen LogP contribution in [0.5, 0.6) is 0 Å². The Labute approximate surface area is 151 Å². The molecule has 1 aromatic carbocycles. The van der Waals surface area contributed by atoms with Gasteiger partial charge in [0.15, 0.2) is 11.3 Å². The lowest BCUT2D eigenvalue weighted by molar-refractivity contribution is -0.134. The second-order valence-electron chi connectivity index (χ2n) is 7.09. The quantitative estimate of drug-likeness (QED) is 0.767. The fraction of sp³-hybridized carbons (Fsp3) is 0.444. The fourth-order valence-corrected chi connectivity index (χ4v) is 3.98. The molecule has 2 atom stereocenters. The third-order valence-electron chi connectivity index (χ3n) is 5.85. The topological polar surface area (TPSA) is 81.2 Å². The Morgan fingerprint density at radius 2 is 1.31 bits per heavy atom. The van der Waals surface area contributed by atoms with E-state index in [1.165, 1.54) is 30.8 Å². The number of likely N-dealkylation sites (N-methyl/N-ethyl adjacent to an activating group) is 2. The number of nitrogens with zero attached hydrogens (tertiary/aromatic N) is 4. The summed E-state index contributed by atoms with van der Waals surface area (Å²) in [7, 11) is 3.05. The summed E-state index contributed by atoms with van der Waals surface area (Å²) in [4.78, 5) is 55.8. The molecule has 8 nitrogen and oxygen atoms in total. The van der Waals surface area contributed by atoms with E-state index in [1.807, 2.05) is 6.92 Å². The van der Waals surface area contributed by atoms with Gasteiger partial charge in [-0.15, -0.1) is 0 Å². The standard InChI is InChI=1S/C18H22N4O4/c1-11-7-9-13(10-8-11)14(24)22-16(26)20(6)17(3)18(22,4)21(12(2)23)15(25)19(17)5/h7-10H,1-6H3/t17-,18+/m1/s1. The Kier molecular flexibility index (Phi) is 3.65.